The van der Waals surface area contributed by atoms with Crippen LogP contribution in [0.25, 0.3) is 0 Å². The summed E-state index contributed by atoms with van der Waals surface area (Å²) < 4.78 is 5.13. The molecular formula is C25H39NO8. The van der Waals surface area contributed by atoms with Crippen LogP contribution in [0.15, 0.2) is 11.6 Å². The van der Waals surface area contributed by atoms with Crippen molar-refractivity contribution in [3.05, 3.63) is 11.6 Å². The molecule has 1 aliphatic heterocycles. The van der Waals surface area contributed by atoms with Gasteiger partial charge in [0.1, 0.15) is 6.61 Å². The number of quaternary nitrogens is 1. The molecule has 9 nitrogen and oxygen atoms in total. The lowest BCUT2D eigenvalue weighted by molar-refractivity contribution is -0.372. The Morgan fingerprint density at radius 2 is 1.82 bits per heavy atom. The highest BCUT2D eigenvalue weighted by atomic mass is 16.5. The Balaban J connectivity index is 0.000000636. The maximum absolute atomic E-state index is 12.6. The largest absolute Gasteiger partial charge is 0.549 e. The molecule has 0 aromatic carbocycles. The zero-order chi connectivity index (χ0) is 24.9. The van der Waals surface area contributed by atoms with Gasteiger partial charge in [0.25, 0.3) is 0 Å². The SMILES string of the molecule is C[C@]12CC[C@H]3[C@@H](CC[C@]4(O)C[C@@H](O)CC[C@]34C(=O)[O-])[C@@]1(O)CC[C@@H]2C1=CC(=O)OC1.[NH3+]CCO. The normalized spacial score (nSPS) is 47.4. The second-order valence-corrected chi connectivity index (χ2v) is 11.3. The molecule has 0 radical (unpaired) electrons. The number of aliphatic hydroxyl groups excluding tert-OH is 2. The highest BCUT2D eigenvalue weighted by molar-refractivity contribution is 5.85. The number of fused-ring (bicyclic) bond motifs is 5. The van der Waals surface area contributed by atoms with Gasteiger partial charge in [-0.05, 0) is 74.7 Å². The third kappa shape index (κ3) is 3.46. The molecule has 192 valence electrons. The summed E-state index contributed by atoms with van der Waals surface area (Å²) in [6.45, 7) is 3.17. The Bertz CT molecular complexity index is 860. The quantitative estimate of drug-likeness (QED) is 0.308. The third-order valence-electron chi connectivity index (χ3n) is 10.1. The van der Waals surface area contributed by atoms with E-state index in [1.165, 1.54) is 0 Å². The van der Waals surface area contributed by atoms with Crippen LogP contribution < -0.4 is 10.8 Å². The predicted octanol–water partition coefficient (Wildman–Crippen LogP) is -1.33. The summed E-state index contributed by atoms with van der Waals surface area (Å²) in [5, 5.41) is 54.1. The van der Waals surface area contributed by atoms with Gasteiger partial charge >= 0.3 is 5.97 Å². The fourth-order valence-corrected chi connectivity index (χ4v) is 8.47. The van der Waals surface area contributed by atoms with Crippen molar-refractivity contribution in [3.8, 4) is 0 Å². The van der Waals surface area contributed by atoms with Crippen LogP contribution in [0.1, 0.15) is 64.7 Å². The summed E-state index contributed by atoms with van der Waals surface area (Å²) >= 11 is 0. The van der Waals surface area contributed by atoms with Crippen molar-refractivity contribution in [1.29, 1.82) is 0 Å². The molecule has 5 rings (SSSR count). The minimum absolute atomic E-state index is 0.0304. The second kappa shape index (κ2) is 8.85. The van der Waals surface area contributed by atoms with Gasteiger partial charge in [-0.3, -0.25) is 0 Å². The lowest BCUT2D eigenvalue weighted by Gasteiger charge is -2.67. The molecule has 4 fully saturated rings. The number of carbonyl (C=O) groups is 2. The number of aliphatic carboxylic acids is 1. The Hall–Kier alpha value is -1.52. The molecular weight excluding hydrogens is 442 g/mol. The van der Waals surface area contributed by atoms with E-state index in [1.54, 1.807) is 6.08 Å². The van der Waals surface area contributed by atoms with Gasteiger partial charge in [0, 0.05) is 23.3 Å². The average molecular weight is 482 g/mol. The van der Waals surface area contributed by atoms with E-state index in [2.05, 4.69) is 12.7 Å². The van der Waals surface area contributed by atoms with E-state index in [0.717, 1.165) is 12.0 Å². The first-order chi connectivity index (χ1) is 16.0. The van der Waals surface area contributed by atoms with E-state index in [9.17, 15) is 30.0 Å². The molecule has 5 aliphatic rings. The number of hydrogen-bond acceptors (Lipinski definition) is 8. The molecule has 4 aliphatic carbocycles. The summed E-state index contributed by atoms with van der Waals surface area (Å²) in [7, 11) is 0. The fraction of sp³-hybridized carbons (Fsp3) is 0.840. The summed E-state index contributed by atoms with van der Waals surface area (Å²) in [5.74, 6) is -2.19. The van der Waals surface area contributed by atoms with Crippen LogP contribution >= 0.6 is 0 Å². The van der Waals surface area contributed by atoms with Gasteiger partial charge in [0.05, 0.1) is 36.4 Å². The molecule has 0 aromatic heterocycles. The van der Waals surface area contributed by atoms with Crippen molar-refractivity contribution in [2.24, 2.45) is 28.6 Å². The number of ether oxygens (including phenoxy) is 1. The van der Waals surface area contributed by atoms with Crippen molar-refractivity contribution in [1.82, 2.24) is 0 Å². The molecule has 0 spiro atoms. The molecule has 8 atom stereocenters. The zero-order valence-electron chi connectivity index (χ0n) is 20.0. The van der Waals surface area contributed by atoms with Crippen LogP contribution in [0.5, 0.6) is 0 Å². The first kappa shape index (κ1) is 25.6. The monoisotopic (exact) mass is 481 g/mol. The fourth-order valence-electron chi connectivity index (χ4n) is 8.47. The van der Waals surface area contributed by atoms with E-state index in [0.29, 0.717) is 38.6 Å². The smallest absolute Gasteiger partial charge is 0.331 e. The van der Waals surface area contributed by atoms with Crippen molar-refractivity contribution >= 4 is 11.9 Å². The lowest BCUT2D eigenvalue weighted by atomic mass is 9.41. The Morgan fingerprint density at radius 1 is 1.15 bits per heavy atom. The zero-order valence-corrected chi connectivity index (χ0v) is 20.0. The molecule has 34 heavy (non-hydrogen) atoms. The highest BCUT2D eigenvalue weighted by Gasteiger charge is 2.71. The average Bonchev–Trinajstić information content (AvgIpc) is 3.33. The van der Waals surface area contributed by atoms with Crippen molar-refractivity contribution < 1.29 is 45.6 Å². The van der Waals surface area contributed by atoms with Crippen molar-refractivity contribution in [3.63, 3.8) is 0 Å². The van der Waals surface area contributed by atoms with Gasteiger partial charge in [0.15, 0.2) is 0 Å². The van der Waals surface area contributed by atoms with Gasteiger partial charge in [0.2, 0.25) is 0 Å². The molecule has 0 amide bonds. The van der Waals surface area contributed by atoms with Crippen LogP contribution in [-0.2, 0) is 14.3 Å². The topological polar surface area (TPSA) is 175 Å². The lowest BCUT2D eigenvalue weighted by Crippen LogP contribution is -2.72. The van der Waals surface area contributed by atoms with Crippen LogP contribution in [0.4, 0.5) is 0 Å². The highest BCUT2D eigenvalue weighted by Crippen LogP contribution is 2.70. The van der Waals surface area contributed by atoms with E-state index in [1.807, 2.05) is 0 Å². The molecule has 1 heterocycles. The van der Waals surface area contributed by atoms with E-state index in [-0.39, 0.29) is 56.2 Å². The van der Waals surface area contributed by atoms with Crippen LogP contribution in [0, 0.1) is 28.6 Å². The molecule has 0 aromatic rings. The molecule has 9 heteroatoms. The predicted molar refractivity (Wildman–Crippen MR) is 117 cm³/mol. The Labute approximate surface area is 200 Å². The first-order valence-corrected chi connectivity index (χ1v) is 12.6. The van der Waals surface area contributed by atoms with E-state index < -0.39 is 34.1 Å². The summed E-state index contributed by atoms with van der Waals surface area (Å²) in [6, 6.07) is 0. The van der Waals surface area contributed by atoms with Gasteiger partial charge in [-0.25, -0.2) is 4.79 Å². The Kier molecular flexibility index (Phi) is 6.66. The number of carboxylic acids is 1. The summed E-state index contributed by atoms with van der Waals surface area (Å²) in [5.41, 5.74) is -0.179. The minimum atomic E-state index is -1.50. The maximum atomic E-state index is 12.6. The summed E-state index contributed by atoms with van der Waals surface area (Å²) in [6.07, 6.45) is 4.64. The van der Waals surface area contributed by atoms with Crippen LogP contribution in [-0.4, -0.2) is 69.4 Å². The van der Waals surface area contributed by atoms with Gasteiger partial charge in [-0.2, -0.15) is 0 Å². The van der Waals surface area contributed by atoms with E-state index >= 15 is 0 Å². The summed E-state index contributed by atoms with van der Waals surface area (Å²) in [4.78, 5) is 24.2. The number of rotatable bonds is 3. The molecule has 4 saturated carbocycles. The van der Waals surface area contributed by atoms with E-state index in [4.69, 9.17) is 9.84 Å². The maximum Gasteiger partial charge on any atom is 0.331 e. The number of hydrogen-bond donors (Lipinski definition) is 5. The Morgan fingerprint density at radius 3 is 2.41 bits per heavy atom. The van der Waals surface area contributed by atoms with Gasteiger partial charge in [-0.15, -0.1) is 0 Å². The second-order valence-electron chi connectivity index (χ2n) is 11.3. The number of aliphatic hydroxyl groups is 4. The third-order valence-corrected chi connectivity index (χ3v) is 10.1. The number of carboxylic acid groups (broad SMARTS) is 1. The first-order valence-electron chi connectivity index (χ1n) is 12.6. The van der Waals surface area contributed by atoms with Gasteiger partial charge in [-0.1, -0.05) is 6.92 Å². The number of esters is 1. The van der Waals surface area contributed by atoms with Crippen molar-refractivity contribution in [2.45, 2.75) is 82.0 Å². The standard InChI is InChI=1S/C23H32O7.C2H7NO/c1-20-6-3-16-17(23(20,29)9-5-15(20)13-10-18(25)30-12-13)4-7-21(28)11-14(24)2-8-22(16,21)19(26)27;3-1-2-4/h10,14-17,24,28-29H,2-9,11-12H2,1H3,(H,26,27);4H,1-3H2/t14-,15+,16-,17+,20+,21-,22+,23-;/m0./s1. The number of cyclic esters (lactones) is 1. The van der Waals surface area contributed by atoms with Crippen molar-refractivity contribution in [2.75, 3.05) is 19.8 Å². The van der Waals surface area contributed by atoms with Gasteiger partial charge < -0.3 is 40.8 Å². The number of carbonyl (C=O) groups excluding carboxylic acids is 2. The minimum Gasteiger partial charge on any atom is -0.549 e. The molecule has 7 N–H and O–H groups in total. The van der Waals surface area contributed by atoms with Crippen LogP contribution in [0.2, 0.25) is 0 Å². The molecule has 0 unspecified atom stereocenters. The van der Waals surface area contributed by atoms with Crippen LogP contribution in [0.3, 0.4) is 0 Å². The molecule has 0 bridgehead atoms. The molecule has 0 saturated heterocycles.